The molecule has 0 aliphatic heterocycles. The Hall–Kier alpha value is -2.16. The molecule has 0 bridgehead atoms. The molecule has 3 aromatic heterocycles. The van der Waals surface area contributed by atoms with Crippen LogP contribution in [0.3, 0.4) is 0 Å². The van der Waals surface area contributed by atoms with Gasteiger partial charge in [-0.1, -0.05) is 0 Å². The van der Waals surface area contributed by atoms with E-state index >= 15 is 0 Å². The summed E-state index contributed by atoms with van der Waals surface area (Å²) in [4.78, 5) is 0. The zero-order chi connectivity index (χ0) is 10.8. The highest BCUT2D eigenvalue weighted by atomic mass is 32.2. The number of nitrogens with zero attached hydrogens (tertiary/aromatic N) is 5. The molecular weight excluding hydrogens is 232 g/mol. The van der Waals surface area contributed by atoms with Gasteiger partial charge in [0.15, 0.2) is 22.6 Å². The molecule has 0 spiro atoms. The molecular formula is C7H6N6O2S. The first-order chi connectivity index (χ1) is 7.95. The molecule has 16 heavy (non-hydrogen) atoms. The van der Waals surface area contributed by atoms with Crippen LogP contribution in [0.25, 0.3) is 0 Å². The summed E-state index contributed by atoms with van der Waals surface area (Å²) < 4.78 is 9.46. The summed E-state index contributed by atoms with van der Waals surface area (Å²) in [5.74, 6) is 0. The number of thiol groups is 1. The minimum Gasteiger partial charge on any atom is -0.344 e. The molecule has 0 aliphatic rings. The van der Waals surface area contributed by atoms with Crippen LogP contribution in [-0.4, -0.2) is 30.9 Å². The zero-order valence-corrected chi connectivity index (χ0v) is 8.70. The van der Waals surface area contributed by atoms with Crippen molar-refractivity contribution in [2.45, 2.75) is 15.1 Å². The van der Waals surface area contributed by atoms with Crippen molar-refractivity contribution < 1.29 is 9.05 Å². The van der Waals surface area contributed by atoms with Crippen LogP contribution in [0.2, 0.25) is 0 Å². The topological polar surface area (TPSA) is 107 Å². The lowest BCUT2D eigenvalue weighted by Gasteiger charge is -2.10. The van der Waals surface area contributed by atoms with Gasteiger partial charge in [0.05, 0.1) is 0 Å². The predicted molar refractivity (Wildman–Crippen MR) is 51.0 cm³/mol. The largest absolute Gasteiger partial charge is 0.344 e. The van der Waals surface area contributed by atoms with Gasteiger partial charge in [-0.15, -0.1) is 21.1 Å². The van der Waals surface area contributed by atoms with E-state index in [9.17, 15) is 0 Å². The summed E-state index contributed by atoms with van der Waals surface area (Å²) in [6, 6.07) is 1.84. The van der Waals surface area contributed by atoms with Crippen molar-refractivity contribution in [3.8, 4) is 0 Å². The van der Waals surface area contributed by atoms with Crippen molar-refractivity contribution in [2.24, 2.45) is 0 Å². The second-order valence-corrected chi connectivity index (χ2v) is 4.84. The SMILES string of the molecule is c1cc([SH](c2conn2)c2conn2)n[nH]1. The summed E-state index contributed by atoms with van der Waals surface area (Å²) >= 11 is 0. The fourth-order valence-corrected chi connectivity index (χ4v) is 2.89. The Morgan fingerprint density at radius 2 is 1.69 bits per heavy atom. The van der Waals surface area contributed by atoms with Gasteiger partial charge < -0.3 is 9.05 Å². The number of hydrogen-bond acceptors (Lipinski definition) is 7. The fourth-order valence-electron chi connectivity index (χ4n) is 1.24. The summed E-state index contributed by atoms with van der Waals surface area (Å²) in [6.07, 6.45) is 4.66. The third kappa shape index (κ3) is 1.46. The first-order valence-electron chi connectivity index (χ1n) is 4.29. The minimum atomic E-state index is -1.01. The number of aromatic nitrogens is 6. The highest BCUT2D eigenvalue weighted by Gasteiger charge is 2.20. The van der Waals surface area contributed by atoms with E-state index in [2.05, 4.69) is 30.9 Å². The quantitative estimate of drug-likeness (QED) is 0.645. The molecule has 0 unspecified atom stereocenters. The van der Waals surface area contributed by atoms with Gasteiger partial charge in [-0.3, -0.25) is 5.10 Å². The molecule has 0 fully saturated rings. The summed E-state index contributed by atoms with van der Waals surface area (Å²) in [5, 5.41) is 23.6. The highest BCUT2D eigenvalue weighted by Crippen LogP contribution is 2.47. The monoisotopic (exact) mass is 238 g/mol. The maximum Gasteiger partial charge on any atom is 0.157 e. The summed E-state index contributed by atoms with van der Waals surface area (Å²) in [7, 11) is -1.01. The molecule has 0 amide bonds. The fraction of sp³-hybridized carbons (Fsp3) is 0. The van der Waals surface area contributed by atoms with Crippen LogP contribution in [0.4, 0.5) is 0 Å². The second kappa shape index (κ2) is 3.77. The first kappa shape index (κ1) is 9.09. The Morgan fingerprint density at radius 3 is 2.12 bits per heavy atom. The van der Waals surface area contributed by atoms with Gasteiger partial charge in [-0.25, -0.2) is 0 Å². The molecule has 0 saturated carbocycles. The van der Waals surface area contributed by atoms with Gasteiger partial charge in [-0.05, 0) is 6.07 Å². The molecule has 9 heteroatoms. The lowest BCUT2D eigenvalue weighted by molar-refractivity contribution is 0.392. The van der Waals surface area contributed by atoms with Gasteiger partial charge in [-0.2, -0.15) is 5.10 Å². The van der Waals surface area contributed by atoms with E-state index in [1.165, 1.54) is 12.5 Å². The van der Waals surface area contributed by atoms with E-state index in [1.807, 2.05) is 6.07 Å². The van der Waals surface area contributed by atoms with Crippen molar-refractivity contribution in [1.29, 1.82) is 0 Å². The van der Waals surface area contributed by atoms with Gasteiger partial charge >= 0.3 is 0 Å². The van der Waals surface area contributed by atoms with E-state index in [0.717, 1.165) is 5.03 Å². The molecule has 3 aromatic rings. The van der Waals surface area contributed by atoms with E-state index < -0.39 is 10.9 Å². The van der Waals surface area contributed by atoms with Crippen molar-refractivity contribution in [3.05, 3.63) is 24.8 Å². The molecule has 0 aromatic carbocycles. The third-order valence-electron chi connectivity index (χ3n) is 1.87. The standard InChI is InChI=1S/C7H6N6O2S/c1-2-8-9-5(1)16(6-3-14-12-10-6)7-4-15-13-11-7/h1-4,16H,(H,8,9). The number of nitrogens with one attached hydrogen (secondary N) is 1. The van der Waals surface area contributed by atoms with Crippen LogP contribution in [0.1, 0.15) is 0 Å². The Morgan fingerprint density at radius 1 is 1.00 bits per heavy atom. The maximum absolute atomic E-state index is 4.73. The van der Waals surface area contributed by atoms with Gasteiger partial charge in [0.2, 0.25) is 0 Å². The molecule has 0 saturated heterocycles. The van der Waals surface area contributed by atoms with Crippen LogP contribution in [0.15, 0.2) is 48.9 Å². The van der Waals surface area contributed by atoms with Crippen LogP contribution in [0.5, 0.6) is 0 Å². The van der Waals surface area contributed by atoms with E-state index in [4.69, 9.17) is 9.05 Å². The molecule has 0 atom stereocenters. The van der Waals surface area contributed by atoms with Crippen LogP contribution in [-0.2, 0) is 0 Å². The average molecular weight is 238 g/mol. The van der Waals surface area contributed by atoms with Crippen LogP contribution >= 0.6 is 10.9 Å². The summed E-state index contributed by atoms with van der Waals surface area (Å²) in [6.45, 7) is 0. The van der Waals surface area contributed by atoms with Crippen LogP contribution < -0.4 is 0 Å². The molecule has 0 aliphatic carbocycles. The van der Waals surface area contributed by atoms with Gasteiger partial charge in [0, 0.05) is 16.7 Å². The number of hydrogen-bond donors (Lipinski definition) is 2. The smallest absolute Gasteiger partial charge is 0.157 e. The second-order valence-electron chi connectivity index (χ2n) is 2.79. The van der Waals surface area contributed by atoms with Crippen LogP contribution in [0, 0.1) is 0 Å². The number of H-pyrrole nitrogens is 1. The third-order valence-corrected chi connectivity index (χ3v) is 3.88. The van der Waals surface area contributed by atoms with Crippen molar-refractivity contribution in [1.82, 2.24) is 30.9 Å². The molecule has 3 rings (SSSR count). The normalized spacial score (nSPS) is 11.6. The maximum atomic E-state index is 4.73. The lowest BCUT2D eigenvalue weighted by atomic mass is 10.8. The van der Waals surface area contributed by atoms with Crippen molar-refractivity contribution in [2.75, 3.05) is 0 Å². The number of aromatic amines is 1. The lowest BCUT2D eigenvalue weighted by Crippen LogP contribution is -1.89. The minimum absolute atomic E-state index is 0.665. The predicted octanol–water partition coefficient (Wildman–Crippen LogP) is 0.654. The number of rotatable bonds is 3. The Bertz CT molecular complexity index is 452. The van der Waals surface area contributed by atoms with E-state index in [0.29, 0.717) is 10.1 Å². The Labute approximate surface area is 91.3 Å². The summed E-state index contributed by atoms with van der Waals surface area (Å²) in [5.41, 5.74) is 0. The molecule has 8 nitrogen and oxygen atoms in total. The van der Waals surface area contributed by atoms with Gasteiger partial charge in [0.25, 0.3) is 0 Å². The molecule has 0 radical (unpaired) electrons. The Kier molecular flexibility index (Phi) is 2.14. The van der Waals surface area contributed by atoms with E-state index in [1.54, 1.807) is 6.20 Å². The van der Waals surface area contributed by atoms with Crippen molar-refractivity contribution in [3.63, 3.8) is 0 Å². The highest BCUT2D eigenvalue weighted by molar-refractivity contribution is 8.16. The molecule has 82 valence electrons. The average Bonchev–Trinajstić information content (AvgIpc) is 3.02. The Balaban J connectivity index is 2.09. The first-order valence-corrected chi connectivity index (χ1v) is 5.63. The molecule has 3 heterocycles. The van der Waals surface area contributed by atoms with Crippen molar-refractivity contribution >= 4 is 10.9 Å². The molecule has 1 N–H and O–H groups in total. The van der Waals surface area contributed by atoms with Gasteiger partial charge in [0.1, 0.15) is 5.03 Å². The zero-order valence-electron chi connectivity index (χ0n) is 7.81. The van der Waals surface area contributed by atoms with E-state index in [-0.39, 0.29) is 0 Å².